The number of nitrogens with one attached hydrogen (secondary N) is 1. The van der Waals surface area contributed by atoms with Crippen LogP contribution in [0.15, 0.2) is 30.6 Å². The SMILES string of the molecule is NNc1cc(Oc2c(F)cccc2[N+](=O)[O-])ncn1. The number of aromatic nitrogens is 2. The molecule has 2 rings (SSSR count). The maximum atomic E-state index is 13.6. The summed E-state index contributed by atoms with van der Waals surface area (Å²) in [6, 6.07) is 4.66. The van der Waals surface area contributed by atoms with Gasteiger partial charge in [0.2, 0.25) is 11.6 Å². The van der Waals surface area contributed by atoms with Crippen molar-refractivity contribution in [2.45, 2.75) is 0 Å². The first-order valence-corrected chi connectivity index (χ1v) is 5.01. The maximum absolute atomic E-state index is 13.6. The molecule has 0 aliphatic rings. The van der Waals surface area contributed by atoms with Gasteiger partial charge in [-0.2, -0.15) is 0 Å². The van der Waals surface area contributed by atoms with Crippen LogP contribution in [-0.4, -0.2) is 14.9 Å². The summed E-state index contributed by atoms with van der Waals surface area (Å²) in [6.07, 6.45) is 1.12. The normalized spacial score (nSPS) is 10.0. The molecule has 0 spiro atoms. The maximum Gasteiger partial charge on any atom is 0.314 e. The molecular weight excluding hydrogens is 257 g/mol. The highest BCUT2D eigenvalue weighted by Crippen LogP contribution is 2.33. The number of para-hydroxylation sites is 1. The summed E-state index contributed by atoms with van der Waals surface area (Å²) in [5, 5.41) is 10.8. The molecule has 0 aliphatic heterocycles. The summed E-state index contributed by atoms with van der Waals surface area (Å²) in [4.78, 5) is 17.5. The van der Waals surface area contributed by atoms with Gasteiger partial charge in [0.05, 0.1) is 4.92 Å². The molecule has 0 bridgehead atoms. The minimum atomic E-state index is -0.866. The van der Waals surface area contributed by atoms with Gasteiger partial charge in [-0.3, -0.25) is 10.1 Å². The van der Waals surface area contributed by atoms with Crippen LogP contribution in [0.1, 0.15) is 0 Å². The first-order chi connectivity index (χ1) is 9.11. The lowest BCUT2D eigenvalue weighted by Crippen LogP contribution is -2.08. The van der Waals surface area contributed by atoms with Gasteiger partial charge in [0.25, 0.3) is 0 Å². The smallest absolute Gasteiger partial charge is 0.314 e. The molecule has 0 fully saturated rings. The van der Waals surface area contributed by atoms with E-state index in [1.165, 1.54) is 12.1 Å². The van der Waals surface area contributed by atoms with Crippen molar-refractivity contribution in [3.05, 3.63) is 46.5 Å². The highest BCUT2D eigenvalue weighted by molar-refractivity contribution is 5.49. The van der Waals surface area contributed by atoms with Gasteiger partial charge in [0.1, 0.15) is 12.1 Å². The van der Waals surface area contributed by atoms with Crippen LogP contribution >= 0.6 is 0 Å². The second-order valence-corrected chi connectivity index (χ2v) is 3.33. The number of ether oxygens (including phenoxy) is 1. The fourth-order valence-corrected chi connectivity index (χ4v) is 1.32. The summed E-state index contributed by atoms with van der Waals surface area (Å²) in [5.74, 6) is 3.91. The quantitative estimate of drug-likeness (QED) is 0.490. The van der Waals surface area contributed by atoms with E-state index in [4.69, 9.17) is 10.6 Å². The molecule has 0 amide bonds. The number of nitro benzene ring substituents is 1. The largest absolute Gasteiger partial charge is 0.428 e. The van der Waals surface area contributed by atoms with Crippen LogP contribution in [0, 0.1) is 15.9 Å². The number of rotatable bonds is 4. The van der Waals surface area contributed by atoms with Gasteiger partial charge in [0.15, 0.2) is 5.82 Å². The van der Waals surface area contributed by atoms with Crippen molar-refractivity contribution in [3.63, 3.8) is 0 Å². The second-order valence-electron chi connectivity index (χ2n) is 3.33. The Morgan fingerprint density at radius 3 is 2.89 bits per heavy atom. The molecule has 1 aromatic heterocycles. The monoisotopic (exact) mass is 265 g/mol. The van der Waals surface area contributed by atoms with Crippen molar-refractivity contribution in [2.24, 2.45) is 5.84 Å². The van der Waals surface area contributed by atoms with Crippen LogP contribution in [0.25, 0.3) is 0 Å². The van der Waals surface area contributed by atoms with Gasteiger partial charge >= 0.3 is 5.69 Å². The third-order valence-electron chi connectivity index (χ3n) is 2.14. The van der Waals surface area contributed by atoms with Gasteiger partial charge < -0.3 is 10.2 Å². The Labute approximate surface area is 106 Å². The number of anilines is 1. The van der Waals surface area contributed by atoms with Crippen LogP contribution in [0.2, 0.25) is 0 Å². The molecule has 0 unspecified atom stereocenters. The molecule has 9 heteroatoms. The summed E-state index contributed by atoms with van der Waals surface area (Å²) in [6.45, 7) is 0. The standard InChI is InChI=1S/C10H8FN5O3/c11-6-2-1-3-7(16(17)18)10(6)19-9-4-8(15-12)13-5-14-9/h1-5H,12H2,(H,13,14,15). The molecule has 3 N–H and O–H groups in total. The van der Waals surface area contributed by atoms with Crippen molar-refractivity contribution in [1.82, 2.24) is 9.97 Å². The van der Waals surface area contributed by atoms with E-state index in [0.29, 0.717) is 0 Å². The van der Waals surface area contributed by atoms with E-state index in [2.05, 4.69) is 15.4 Å². The lowest BCUT2D eigenvalue weighted by molar-refractivity contribution is -0.385. The van der Waals surface area contributed by atoms with Crippen LogP contribution in [0.5, 0.6) is 11.6 Å². The van der Waals surface area contributed by atoms with Gasteiger partial charge in [-0.05, 0) is 6.07 Å². The lowest BCUT2D eigenvalue weighted by Gasteiger charge is -2.06. The predicted molar refractivity (Wildman–Crippen MR) is 63.0 cm³/mol. The van der Waals surface area contributed by atoms with Crippen molar-refractivity contribution >= 4 is 11.5 Å². The zero-order valence-corrected chi connectivity index (χ0v) is 9.41. The third kappa shape index (κ3) is 2.72. The molecule has 19 heavy (non-hydrogen) atoms. The van der Waals surface area contributed by atoms with Crippen molar-refractivity contribution in [1.29, 1.82) is 0 Å². The molecule has 98 valence electrons. The number of nitrogen functional groups attached to an aromatic ring is 1. The summed E-state index contributed by atoms with van der Waals surface area (Å²) >= 11 is 0. The zero-order valence-electron chi connectivity index (χ0n) is 9.41. The van der Waals surface area contributed by atoms with E-state index in [0.717, 1.165) is 18.5 Å². The van der Waals surface area contributed by atoms with Gasteiger partial charge in [0, 0.05) is 12.1 Å². The molecule has 0 saturated carbocycles. The fraction of sp³-hybridized carbons (Fsp3) is 0. The Morgan fingerprint density at radius 1 is 1.42 bits per heavy atom. The van der Waals surface area contributed by atoms with Gasteiger partial charge in [-0.1, -0.05) is 6.07 Å². The Morgan fingerprint density at radius 2 is 2.21 bits per heavy atom. The molecule has 0 radical (unpaired) electrons. The Balaban J connectivity index is 2.40. The zero-order chi connectivity index (χ0) is 13.8. The fourth-order valence-electron chi connectivity index (χ4n) is 1.32. The number of nitro groups is 1. The lowest BCUT2D eigenvalue weighted by atomic mass is 10.3. The molecule has 2 aromatic rings. The number of hydrazine groups is 1. The first-order valence-electron chi connectivity index (χ1n) is 5.01. The third-order valence-corrected chi connectivity index (χ3v) is 2.14. The summed E-state index contributed by atoms with van der Waals surface area (Å²) in [7, 11) is 0. The van der Waals surface area contributed by atoms with E-state index in [1.807, 2.05) is 0 Å². The number of benzene rings is 1. The molecule has 0 atom stereocenters. The number of hydrogen-bond donors (Lipinski definition) is 2. The van der Waals surface area contributed by atoms with E-state index in [-0.39, 0.29) is 11.7 Å². The van der Waals surface area contributed by atoms with Gasteiger partial charge in [-0.25, -0.2) is 20.2 Å². The Hall–Kier alpha value is -2.81. The van der Waals surface area contributed by atoms with Crippen LogP contribution in [0.4, 0.5) is 15.9 Å². The van der Waals surface area contributed by atoms with Gasteiger partial charge in [-0.15, -0.1) is 0 Å². The van der Waals surface area contributed by atoms with E-state index in [9.17, 15) is 14.5 Å². The number of hydrogen-bond acceptors (Lipinski definition) is 7. The minimum Gasteiger partial charge on any atom is -0.428 e. The van der Waals surface area contributed by atoms with Crippen molar-refractivity contribution in [2.75, 3.05) is 5.43 Å². The molecular formula is C10H8FN5O3. The summed E-state index contributed by atoms with van der Waals surface area (Å²) in [5.41, 5.74) is 1.75. The van der Waals surface area contributed by atoms with Crippen LogP contribution in [-0.2, 0) is 0 Å². The number of halogens is 1. The summed E-state index contributed by atoms with van der Waals surface area (Å²) < 4.78 is 18.6. The van der Waals surface area contributed by atoms with Crippen LogP contribution in [0.3, 0.4) is 0 Å². The molecule has 1 aromatic carbocycles. The topological polar surface area (TPSA) is 116 Å². The van der Waals surface area contributed by atoms with E-state index < -0.39 is 22.2 Å². The molecule has 1 heterocycles. The molecule has 0 aliphatic carbocycles. The molecule has 0 saturated heterocycles. The minimum absolute atomic E-state index is 0.0730. The van der Waals surface area contributed by atoms with Crippen LogP contribution < -0.4 is 16.0 Å². The molecule has 8 nitrogen and oxygen atoms in total. The second kappa shape index (κ2) is 5.23. The van der Waals surface area contributed by atoms with Crippen molar-refractivity contribution < 1.29 is 14.1 Å². The Bertz CT molecular complexity index is 622. The number of nitrogens with two attached hydrogens (primary N) is 1. The highest BCUT2D eigenvalue weighted by atomic mass is 19.1. The first kappa shape index (κ1) is 12.6. The Kier molecular flexibility index (Phi) is 3.48. The number of nitrogens with zero attached hydrogens (tertiary/aromatic N) is 3. The average molecular weight is 265 g/mol. The van der Waals surface area contributed by atoms with E-state index in [1.54, 1.807) is 0 Å². The average Bonchev–Trinajstić information content (AvgIpc) is 2.41. The highest BCUT2D eigenvalue weighted by Gasteiger charge is 2.20. The van der Waals surface area contributed by atoms with E-state index >= 15 is 0 Å². The predicted octanol–water partition coefficient (Wildman–Crippen LogP) is 1.60. The van der Waals surface area contributed by atoms with Crippen molar-refractivity contribution in [3.8, 4) is 11.6 Å².